The van der Waals surface area contributed by atoms with E-state index in [9.17, 15) is 4.79 Å². The van der Waals surface area contributed by atoms with Crippen LogP contribution in [0.15, 0.2) is 24.3 Å². The van der Waals surface area contributed by atoms with Crippen molar-refractivity contribution in [3.05, 3.63) is 29.3 Å². The van der Waals surface area contributed by atoms with Gasteiger partial charge in [0.2, 0.25) is 0 Å². The van der Waals surface area contributed by atoms with E-state index in [1.807, 2.05) is 24.0 Å². The smallest absolute Gasteiger partial charge is 0.323 e. The summed E-state index contributed by atoms with van der Waals surface area (Å²) in [6.45, 7) is 2.61. The van der Waals surface area contributed by atoms with E-state index in [2.05, 4.69) is 0 Å². The fourth-order valence-corrected chi connectivity index (χ4v) is 2.47. The number of nitrogens with zero attached hydrogens (tertiary/aromatic N) is 1. The molecule has 104 valence electrons. The lowest BCUT2D eigenvalue weighted by molar-refractivity contribution is -0.135. The number of ether oxygens (including phenoxy) is 1. The number of carbonyl (C=O) groups is 1. The molecule has 4 nitrogen and oxygen atoms in total. The molecule has 0 saturated carbocycles. The van der Waals surface area contributed by atoms with Crippen LogP contribution >= 0.6 is 11.6 Å². The summed E-state index contributed by atoms with van der Waals surface area (Å²) >= 11 is 5.85. The highest BCUT2D eigenvalue weighted by Gasteiger charge is 2.25. The Labute approximate surface area is 117 Å². The van der Waals surface area contributed by atoms with Crippen LogP contribution in [0.3, 0.4) is 0 Å². The predicted octanol–water partition coefficient (Wildman–Crippen LogP) is 2.80. The second-order valence-electron chi connectivity index (χ2n) is 4.90. The number of hydrogen-bond donors (Lipinski definition) is 1. The fraction of sp³-hybridized carbons (Fsp3) is 0.500. The van der Waals surface area contributed by atoms with Crippen LogP contribution in [0, 0.1) is 0 Å². The standard InChI is InChI=1S/C14H18ClNO3/c1-10-2-7-13(19-10)8-16(9-14(17)18)12-5-3-11(15)4-6-12/h3-6,10,13H,2,7-9H2,1H3,(H,17,18). The molecule has 0 aromatic heterocycles. The maximum atomic E-state index is 11.0. The van der Waals surface area contributed by atoms with Crippen molar-refractivity contribution in [1.29, 1.82) is 0 Å². The highest BCUT2D eigenvalue weighted by Crippen LogP contribution is 2.23. The molecule has 1 aromatic rings. The van der Waals surface area contributed by atoms with E-state index in [4.69, 9.17) is 21.4 Å². The van der Waals surface area contributed by atoms with Gasteiger partial charge in [-0.1, -0.05) is 11.6 Å². The molecular weight excluding hydrogens is 266 g/mol. The van der Waals surface area contributed by atoms with Gasteiger partial charge in [0.05, 0.1) is 12.2 Å². The number of carboxylic acids is 1. The van der Waals surface area contributed by atoms with Crippen molar-refractivity contribution in [2.24, 2.45) is 0 Å². The van der Waals surface area contributed by atoms with E-state index in [0.717, 1.165) is 18.5 Å². The van der Waals surface area contributed by atoms with Crippen LogP contribution in [0.5, 0.6) is 0 Å². The summed E-state index contributed by atoms with van der Waals surface area (Å²) in [6.07, 6.45) is 2.38. The Bertz CT molecular complexity index is 435. The number of hydrogen-bond acceptors (Lipinski definition) is 3. The second kappa shape index (κ2) is 6.26. The first-order valence-electron chi connectivity index (χ1n) is 6.42. The summed E-state index contributed by atoms with van der Waals surface area (Å²) in [5.41, 5.74) is 0.856. The van der Waals surface area contributed by atoms with Crippen LogP contribution in [-0.2, 0) is 9.53 Å². The maximum Gasteiger partial charge on any atom is 0.323 e. The average Bonchev–Trinajstić information content (AvgIpc) is 2.74. The van der Waals surface area contributed by atoms with Crippen LogP contribution in [0.25, 0.3) is 0 Å². The van der Waals surface area contributed by atoms with Crippen molar-refractivity contribution in [3.63, 3.8) is 0 Å². The van der Waals surface area contributed by atoms with Crippen LogP contribution in [-0.4, -0.2) is 36.4 Å². The van der Waals surface area contributed by atoms with E-state index < -0.39 is 5.97 Å². The van der Waals surface area contributed by atoms with Crippen LogP contribution in [0.4, 0.5) is 5.69 Å². The molecule has 0 amide bonds. The molecule has 0 bridgehead atoms. The number of anilines is 1. The third-order valence-electron chi connectivity index (χ3n) is 3.26. The fourth-order valence-electron chi connectivity index (χ4n) is 2.34. The topological polar surface area (TPSA) is 49.8 Å². The maximum absolute atomic E-state index is 11.0. The average molecular weight is 284 g/mol. The minimum Gasteiger partial charge on any atom is -0.480 e. The molecule has 0 aliphatic carbocycles. The zero-order chi connectivity index (χ0) is 13.8. The molecule has 1 saturated heterocycles. The number of halogens is 1. The van der Waals surface area contributed by atoms with Gasteiger partial charge < -0.3 is 14.7 Å². The first kappa shape index (κ1) is 14.2. The molecule has 1 N–H and O–H groups in total. The van der Waals surface area contributed by atoms with Gasteiger partial charge in [0, 0.05) is 17.3 Å². The molecule has 2 rings (SSSR count). The molecule has 5 heteroatoms. The summed E-state index contributed by atoms with van der Waals surface area (Å²) in [7, 11) is 0. The highest BCUT2D eigenvalue weighted by molar-refractivity contribution is 6.30. The number of carboxylic acid groups (broad SMARTS) is 1. The molecule has 19 heavy (non-hydrogen) atoms. The van der Waals surface area contributed by atoms with E-state index in [1.54, 1.807) is 12.1 Å². The summed E-state index contributed by atoms with van der Waals surface area (Å²) in [5.74, 6) is -0.846. The Kier molecular flexibility index (Phi) is 4.66. The first-order valence-corrected chi connectivity index (χ1v) is 6.80. The van der Waals surface area contributed by atoms with E-state index in [0.29, 0.717) is 11.6 Å². The van der Waals surface area contributed by atoms with Gasteiger partial charge in [0.1, 0.15) is 6.54 Å². The lowest BCUT2D eigenvalue weighted by atomic mass is 10.2. The Morgan fingerprint density at radius 2 is 2.11 bits per heavy atom. The molecular formula is C14H18ClNO3. The van der Waals surface area contributed by atoms with Crippen molar-refractivity contribution in [1.82, 2.24) is 0 Å². The van der Waals surface area contributed by atoms with Gasteiger partial charge in [-0.3, -0.25) is 4.79 Å². The van der Waals surface area contributed by atoms with Gasteiger partial charge in [-0.05, 0) is 44.0 Å². The predicted molar refractivity (Wildman–Crippen MR) is 74.9 cm³/mol. The number of benzene rings is 1. The van der Waals surface area contributed by atoms with E-state index in [1.165, 1.54) is 0 Å². The minimum atomic E-state index is -0.846. The molecule has 2 atom stereocenters. The zero-order valence-corrected chi connectivity index (χ0v) is 11.6. The number of aliphatic carboxylic acids is 1. The summed E-state index contributed by atoms with van der Waals surface area (Å²) < 4.78 is 5.76. The van der Waals surface area contributed by atoms with Crippen LogP contribution in [0.2, 0.25) is 5.02 Å². The van der Waals surface area contributed by atoms with E-state index in [-0.39, 0.29) is 18.8 Å². The Morgan fingerprint density at radius 1 is 1.42 bits per heavy atom. The molecule has 2 unspecified atom stereocenters. The van der Waals surface area contributed by atoms with Gasteiger partial charge >= 0.3 is 5.97 Å². The van der Waals surface area contributed by atoms with Crippen molar-refractivity contribution < 1.29 is 14.6 Å². The lowest BCUT2D eigenvalue weighted by Crippen LogP contribution is -2.36. The van der Waals surface area contributed by atoms with Gasteiger partial charge in [0.15, 0.2) is 0 Å². The van der Waals surface area contributed by atoms with Gasteiger partial charge in [0.25, 0.3) is 0 Å². The summed E-state index contributed by atoms with van der Waals surface area (Å²) in [4.78, 5) is 12.8. The summed E-state index contributed by atoms with van der Waals surface area (Å²) in [6, 6.07) is 7.21. The van der Waals surface area contributed by atoms with Crippen LogP contribution in [0.1, 0.15) is 19.8 Å². The SMILES string of the molecule is CC1CCC(CN(CC(=O)O)c2ccc(Cl)cc2)O1. The zero-order valence-electron chi connectivity index (χ0n) is 10.9. The van der Waals surface area contributed by atoms with E-state index >= 15 is 0 Å². The van der Waals surface area contributed by atoms with Gasteiger partial charge in [-0.2, -0.15) is 0 Å². The normalized spacial score (nSPS) is 22.4. The Hall–Kier alpha value is -1.26. The van der Waals surface area contributed by atoms with Crippen molar-refractivity contribution in [2.75, 3.05) is 18.0 Å². The summed E-state index contributed by atoms with van der Waals surface area (Å²) in [5, 5.41) is 9.66. The third kappa shape index (κ3) is 4.11. The monoisotopic (exact) mass is 283 g/mol. The Morgan fingerprint density at radius 3 is 2.63 bits per heavy atom. The number of rotatable bonds is 5. The van der Waals surface area contributed by atoms with Crippen LogP contribution < -0.4 is 4.90 Å². The quantitative estimate of drug-likeness (QED) is 0.903. The molecule has 0 spiro atoms. The highest BCUT2D eigenvalue weighted by atomic mass is 35.5. The molecule has 1 aliphatic rings. The second-order valence-corrected chi connectivity index (χ2v) is 5.33. The molecule has 1 fully saturated rings. The minimum absolute atomic E-state index is 0.0319. The van der Waals surface area contributed by atoms with Crippen molar-refractivity contribution >= 4 is 23.3 Å². The lowest BCUT2D eigenvalue weighted by Gasteiger charge is -2.26. The molecule has 0 radical (unpaired) electrons. The molecule has 1 aromatic carbocycles. The largest absolute Gasteiger partial charge is 0.480 e. The third-order valence-corrected chi connectivity index (χ3v) is 3.51. The van der Waals surface area contributed by atoms with Crippen molar-refractivity contribution in [2.45, 2.75) is 32.0 Å². The molecule has 1 aliphatic heterocycles. The van der Waals surface area contributed by atoms with Crippen molar-refractivity contribution in [3.8, 4) is 0 Å². The molecule has 1 heterocycles. The Balaban J connectivity index is 2.07. The first-order chi connectivity index (χ1) is 9.04. The van der Waals surface area contributed by atoms with Gasteiger partial charge in [-0.15, -0.1) is 0 Å². The van der Waals surface area contributed by atoms with Gasteiger partial charge in [-0.25, -0.2) is 0 Å².